The maximum Gasteiger partial charge on any atom is 0.308 e. The molecule has 0 saturated carbocycles. The fraction of sp³-hybridized carbons (Fsp3) is 0.533. The minimum Gasteiger partial charge on any atom is -0.463 e. The van der Waals surface area contributed by atoms with Gasteiger partial charge in [0.05, 0.1) is 5.92 Å². The van der Waals surface area contributed by atoms with Crippen molar-refractivity contribution in [1.29, 1.82) is 0 Å². The number of carbonyl (C=O) groups is 1. The zero-order chi connectivity index (χ0) is 18.3. The molecule has 0 amide bonds. The van der Waals surface area contributed by atoms with Gasteiger partial charge in [-0.2, -0.15) is 4.98 Å². The Morgan fingerprint density at radius 1 is 1.60 bits per heavy atom. The molecule has 2 aromatic rings. The van der Waals surface area contributed by atoms with E-state index >= 15 is 0 Å². The van der Waals surface area contributed by atoms with Crippen LogP contribution in [0.25, 0.3) is 11.0 Å². The van der Waals surface area contributed by atoms with Crippen molar-refractivity contribution in [3.8, 4) is 0 Å². The third-order valence-electron chi connectivity index (χ3n) is 3.99. The van der Waals surface area contributed by atoms with Crippen LogP contribution in [0.3, 0.4) is 0 Å². The smallest absolute Gasteiger partial charge is 0.308 e. The largest absolute Gasteiger partial charge is 0.463 e. The molecule has 3 rings (SSSR count). The number of nitrogen functional groups attached to an aromatic ring is 1. The molecule has 8 nitrogen and oxygen atoms in total. The summed E-state index contributed by atoms with van der Waals surface area (Å²) in [7, 11) is 0. The zero-order valence-electron chi connectivity index (χ0n) is 13.7. The number of carbonyl (C=O) groups excluding carboxylic acids is 1. The summed E-state index contributed by atoms with van der Waals surface area (Å²) in [6, 6.07) is 0. The Balaban J connectivity index is 1.83. The van der Waals surface area contributed by atoms with Crippen molar-refractivity contribution in [3.63, 3.8) is 0 Å². The molecule has 1 saturated heterocycles. The summed E-state index contributed by atoms with van der Waals surface area (Å²) in [5.41, 5.74) is 4.73. The van der Waals surface area contributed by atoms with E-state index in [4.69, 9.17) is 15.2 Å². The Morgan fingerprint density at radius 3 is 3.00 bits per heavy atom. The van der Waals surface area contributed by atoms with Crippen molar-refractivity contribution in [2.45, 2.75) is 38.8 Å². The standard InChI is InChI=1S/C15H18F2N4O4/c1-6(2)14(23)24-5-9-7(16)3-10(25-9)21-4-8(17)11-12(21)19-15(18)20-13(11)22/h4,6-7,9-10H,3,5H2,1-2H3,(H3,18,19,20,22)/t7-,9+,10+/m0/s1. The second-order valence-corrected chi connectivity index (χ2v) is 6.20. The average molecular weight is 356 g/mol. The highest BCUT2D eigenvalue weighted by Crippen LogP contribution is 2.33. The van der Waals surface area contributed by atoms with Gasteiger partial charge in [0.1, 0.15) is 30.5 Å². The van der Waals surface area contributed by atoms with Gasteiger partial charge in [-0.25, -0.2) is 8.78 Å². The summed E-state index contributed by atoms with van der Waals surface area (Å²) in [5, 5.41) is -0.275. The molecule has 0 radical (unpaired) electrons. The van der Waals surface area contributed by atoms with E-state index in [0.717, 1.165) is 6.20 Å². The molecule has 25 heavy (non-hydrogen) atoms. The third kappa shape index (κ3) is 3.21. The van der Waals surface area contributed by atoms with Crippen LogP contribution in [-0.2, 0) is 14.3 Å². The van der Waals surface area contributed by atoms with E-state index in [0.29, 0.717) is 0 Å². The van der Waals surface area contributed by atoms with Crippen LogP contribution >= 0.6 is 0 Å². The second kappa shape index (κ2) is 6.43. The van der Waals surface area contributed by atoms with Gasteiger partial charge in [0.15, 0.2) is 11.5 Å². The molecule has 1 aliphatic rings. The number of fused-ring (bicyclic) bond motifs is 1. The van der Waals surface area contributed by atoms with E-state index < -0.39 is 35.8 Å². The Bertz CT molecular complexity index is 863. The zero-order valence-corrected chi connectivity index (χ0v) is 13.7. The molecular weight excluding hydrogens is 338 g/mol. The summed E-state index contributed by atoms with van der Waals surface area (Å²) in [6.45, 7) is 3.08. The number of nitrogens with two attached hydrogens (primary N) is 1. The molecule has 0 aromatic carbocycles. The molecule has 1 aliphatic heterocycles. The van der Waals surface area contributed by atoms with Gasteiger partial charge < -0.3 is 19.8 Å². The van der Waals surface area contributed by atoms with Crippen molar-refractivity contribution < 1.29 is 23.0 Å². The Hall–Kier alpha value is -2.49. The maximum absolute atomic E-state index is 14.2. The highest BCUT2D eigenvalue weighted by molar-refractivity contribution is 5.77. The van der Waals surface area contributed by atoms with E-state index in [2.05, 4.69) is 9.97 Å². The summed E-state index contributed by atoms with van der Waals surface area (Å²) in [6.07, 6.45) is -2.36. The van der Waals surface area contributed by atoms with Crippen molar-refractivity contribution in [2.75, 3.05) is 12.3 Å². The van der Waals surface area contributed by atoms with E-state index in [1.807, 2.05) is 0 Å². The quantitative estimate of drug-likeness (QED) is 0.798. The van der Waals surface area contributed by atoms with Crippen LogP contribution in [0, 0.1) is 11.7 Å². The number of esters is 1. The predicted octanol–water partition coefficient (Wildman–Crippen LogP) is 1.27. The first-order chi connectivity index (χ1) is 11.8. The van der Waals surface area contributed by atoms with Crippen LogP contribution in [0.15, 0.2) is 11.0 Å². The summed E-state index contributed by atoms with van der Waals surface area (Å²) in [5.74, 6) is -1.79. The monoisotopic (exact) mass is 356 g/mol. The van der Waals surface area contributed by atoms with Crippen LogP contribution in [0.2, 0.25) is 0 Å². The highest BCUT2D eigenvalue weighted by Gasteiger charge is 2.38. The SMILES string of the molecule is CC(C)C(=O)OC[C@H]1O[C@@H](n2cc(F)c3c(=O)[nH]c(N)nc32)C[C@@H]1F. The number of halogens is 2. The Labute approximate surface area is 140 Å². The molecule has 0 unspecified atom stereocenters. The Morgan fingerprint density at radius 2 is 2.32 bits per heavy atom. The van der Waals surface area contributed by atoms with Gasteiger partial charge in [0.2, 0.25) is 5.95 Å². The van der Waals surface area contributed by atoms with Crippen LogP contribution in [0.1, 0.15) is 26.5 Å². The molecule has 3 heterocycles. The number of hydrogen-bond acceptors (Lipinski definition) is 6. The van der Waals surface area contributed by atoms with E-state index in [-0.39, 0.29) is 35.9 Å². The molecule has 3 N–H and O–H groups in total. The first kappa shape index (κ1) is 17.3. The van der Waals surface area contributed by atoms with E-state index in [9.17, 15) is 18.4 Å². The molecule has 0 bridgehead atoms. The average Bonchev–Trinajstić information content (AvgIpc) is 3.05. The lowest BCUT2D eigenvalue weighted by Crippen LogP contribution is -2.26. The highest BCUT2D eigenvalue weighted by atomic mass is 19.1. The van der Waals surface area contributed by atoms with Crippen molar-refractivity contribution in [3.05, 3.63) is 22.4 Å². The van der Waals surface area contributed by atoms with E-state index in [1.54, 1.807) is 13.8 Å². The van der Waals surface area contributed by atoms with Crippen molar-refractivity contribution in [2.24, 2.45) is 5.92 Å². The van der Waals surface area contributed by atoms with Crippen LogP contribution < -0.4 is 11.3 Å². The normalized spacial score (nSPS) is 23.5. The van der Waals surface area contributed by atoms with Crippen molar-refractivity contribution in [1.82, 2.24) is 14.5 Å². The number of nitrogens with zero attached hydrogens (tertiary/aromatic N) is 2. The molecule has 3 atom stereocenters. The summed E-state index contributed by atoms with van der Waals surface area (Å²) >= 11 is 0. The maximum atomic E-state index is 14.2. The molecular formula is C15H18F2N4O4. The molecule has 2 aromatic heterocycles. The number of anilines is 1. The molecule has 0 aliphatic carbocycles. The summed E-state index contributed by atoms with van der Waals surface area (Å²) < 4.78 is 40.0. The number of nitrogens with one attached hydrogen (secondary N) is 1. The minimum atomic E-state index is -1.41. The fourth-order valence-electron chi connectivity index (χ4n) is 2.69. The number of ether oxygens (including phenoxy) is 2. The number of hydrogen-bond donors (Lipinski definition) is 2. The van der Waals surface area contributed by atoms with Gasteiger partial charge in [0.25, 0.3) is 5.56 Å². The Kier molecular flexibility index (Phi) is 4.46. The molecule has 1 fully saturated rings. The molecule has 10 heteroatoms. The first-order valence-electron chi connectivity index (χ1n) is 7.80. The number of H-pyrrole nitrogens is 1. The molecule has 0 spiro atoms. The third-order valence-corrected chi connectivity index (χ3v) is 3.99. The number of alkyl halides is 1. The van der Waals surface area contributed by atoms with Gasteiger partial charge in [-0.3, -0.25) is 14.6 Å². The van der Waals surface area contributed by atoms with Crippen LogP contribution in [-0.4, -0.2) is 39.4 Å². The lowest BCUT2D eigenvalue weighted by Gasteiger charge is -2.16. The molecule has 136 valence electrons. The minimum absolute atomic E-state index is 0.0317. The van der Waals surface area contributed by atoms with Crippen LogP contribution in [0.4, 0.5) is 14.7 Å². The second-order valence-electron chi connectivity index (χ2n) is 6.20. The predicted molar refractivity (Wildman–Crippen MR) is 83.9 cm³/mol. The number of rotatable bonds is 4. The first-order valence-corrected chi connectivity index (χ1v) is 7.80. The number of aromatic nitrogens is 3. The summed E-state index contributed by atoms with van der Waals surface area (Å²) in [4.78, 5) is 29.4. The topological polar surface area (TPSA) is 112 Å². The van der Waals surface area contributed by atoms with Gasteiger partial charge in [-0.1, -0.05) is 13.8 Å². The van der Waals surface area contributed by atoms with Gasteiger partial charge >= 0.3 is 5.97 Å². The van der Waals surface area contributed by atoms with Gasteiger partial charge in [-0.15, -0.1) is 0 Å². The van der Waals surface area contributed by atoms with Gasteiger partial charge in [0, 0.05) is 12.6 Å². The van der Waals surface area contributed by atoms with Crippen molar-refractivity contribution >= 4 is 23.0 Å². The number of aromatic amines is 1. The fourth-order valence-corrected chi connectivity index (χ4v) is 2.69. The lowest BCUT2D eigenvalue weighted by molar-refractivity contribution is -0.152. The van der Waals surface area contributed by atoms with Gasteiger partial charge in [-0.05, 0) is 0 Å². The van der Waals surface area contributed by atoms with Crippen LogP contribution in [0.5, 0.6) is 0 Å². The lowest BCUT2D eigenvalue weighted by atomic mass is 10.2. The van der Waals surface area contributed by atoms with E-state index in [1.165, 1.54) is 4.57 Å².